The van der Waals surface area contributed by atoms with Crippen molar-refractivity contribution in [2.75, 3.05) is 0 Å². The van der Waals surface area contributed by atoms with Gasteiger partial charge >= 0.3 is 0 Å². The first-order valence-corrected chi connectivity index (χ1v) is 20.6. The molecule has 59 heavy (non-hydrogen) atoms. The number of fused-ring (bicyclic) bond motifs is 20. The van der Waals surface area contributed by atoms with E-state index in [9.17, 15) is 0 Å². The van der Waals surface area contributed by atoms with Gasteiger partial charge in [0.15, 0.2) is 0 Å². The largest absolute Gasteiger partial charge is 0.309 e. The van der Waals surface area contributed by atoms with Gasteiger partial charge in [0.1, 0.15) is 0 Å². The van der Waals surface area contributed by atoms with Crippen molar-refractivity contribution >= 4 is 65.2 Å². The summed E-state index contributed by atoms with van der Waals surface area (Å²) in [5.74, 6) is 0. The maximum Gasteiger partial charge on any atom is 0.0726 e. The summed E-state index contributed by atoms with van der Waals surface area (Å²) >= 11 is 0. The quantitative estimate of drug-likeness (QED) is 0.167. The van der Waals surface area contributed by atoms with Crippen molar-refractivity contribution in [1.82, 2.24) is 9.13 Å². The topological polar surface area (TPSA) is 9.86 Å². The van der Waals surface area contributed by atoms with Gasteiger partial charge in [-0.1, -0.05) is 170 Å². The molecule has 0 radical (unpaired) electrons. The van der Waals surface area contributed by atoms with E-state index in [1.54, 1.807) is 0 Å². The van der Waals surface area contributed by atoms with Gasteiger partial charge in [-0.25, -0.2) is 0 Å². The molecule has 2 aliphatic rings. The van der Waals surface area contributed by atoms with Gasteiger partial charge < -0.3 is 9.13 Å². The Morgan fingerprint density at radius 1 is 0.271 bits per heavy atom. The molecule has 0 bridgehead atoms. The fraction of sp³-hybridized carbons (Fsp3) is 0.0175. The Morgan fingerprint density at radius 3 is 1.15 bits per heavy atom. The minimum atomic E-state index is -0.495. The smallest absolute Gasteiger partial charge is 0.0726 e. The molecule has 0 unspecified atom stereocenters. The normalized spacial score (nSPS) is 13.6. The molecule has 0 saturated carbocycles. The highest BCUT2D eigenvalue weighted by Gasteiger charge is 2.53. The maximum atomic E-state index is 2.52. The van der Waals surface area contributed by atoms with E-state index in [-0.39, 0.29) is 0 Å². The summed E-state index contributed by atoms with van der Waals surface area (Å²) in [6.07, 6.45) is 0. The molecule has 1 spiro atoms. The Morgan fingerprint density at radius 2 is 0.661 bits per heavy atom. The summed E-state index contributed by atoms with van der Waals surface area (Å²) < 4.78 is 5.04. The van der Waals surface area contributed by atoms with Crippen LogP contribution in [0.5, 0.6) is 0 Å². The third kappa shape index (κ3) is 3.78. The Balaban J connectivity index is 1.22. The van der Waals surface area contributed by atoms with Gasteiger partial charge in [0.2, 0.25) is 0 Å². The predicted octanol–water partition coefficient (Wildman–Crippen LogP) is 14.5. The molecule has 272 valence electrons. The molecule has 0 aliphatic heterocycles. The van der Waals surface area contributed by atoms with Crippen LogP contribution in [0.3, 0.4) is 0 Å². The fourth-order valence-electron chi connectivity index (χ4n) is 11.6. The highest BCUT2D eigenvalue weighted by atomic mass is 15.0. The summed E-state index contributed by atoms with van der Waals surface area (Å²) in [5.41, 5.74) is 17.5. The van der Waals surface area contributed by atoms with Crippen LogP contribution in [-0.4, -0.2) is 9.13 Å². The van der Waals surface area contributed by atoms with Crippen LogP contribution in [0.25, 0.3) is 98.8 Å². The van der Waals surface area contributed by atoms with Gasteiger partial charge in [-0.3, -0.25) is 0 Å². The lowest BCUT2D eigenvalue weighted by Gasteiger charge is -2.30. The average molecular weight is 747 g/mol. The SMILES string of the molecule is c1ccc2c(c1)-c1ccccc1C21c2ccc3c(c2-c2c1ccc1c2c2ccccc2n1-c1cccc2ccccc12)c1ccccc1n3-c1cccc2ccccc12. The number of aromatic nitrogens is 2. The highest BCUT2D eigenvalue weighted by Crippen LogP contribution is 2.66. The molecule has 2 aromatic heterocycles. The Kier molecular flexibility index (Phi) is 5.99. The molecule has 0 atom stereocenters. The lowest BCUT2D eigenvalue weighted by atomic mass is 9.70. The fourth-order valence-corrected chi connectivity index (χ4v) is 11.6. The molecule has 12 aromatic rings. The van der Waals surface area contributed by atoms with E-state index in [1.165, 1.54) is 121 Å². The predicted molar refractivity (Wildman–Crippen MR) is 246 cm³/mol. The standard InChI is InChI=1S/C57H34N2/c1-3-19-37-35(15-1)17-13-29-47(37)58-49-27-11-7-23-41(49)53-51(58)33-31-45-55(53)56-46(57(45)43-25-9-5-21-39(43)40-22-6-10-26-44(40)57)32-34-52-54(56)42-24-8-12-28-50(42)59(52)48-30-14-18-36-16-2-4-20-38(36)48/h1-34H. The Labute approximate surface area is 340 Å². The molecule has 0 N–H and O–H groups in total. The van der Waals surface area contributed by atoms with Gasteiger partial charge in [-0.05, 0) is 91.7 Å². The molecular formula is C57H34N2. The number of benzene rings is 10. The summed E-state index contributed by atoms with van der Waals surface area (Å²) in [6, 6.07) is 77.2. The van der Waals surface area contributed by atoms with Crippen LogP contribution in [0.4, 0.5) is 0 Å². The minimum absolute atomic E-state index is 0.495. The lowest BCUT2D eigenvalue weighted by Crippen LogP contribution is -2.25. The lowest BCUT2D eigenvalue weighted by molar-refractivity contribution is 0.795. The van der Waals surface area contributed by atoms with Crippen molar-refractivity contribution in [3.8, 4) is 33.6 Å². The van der Waals surface area contributed by atoms with Gasteiger partial charge in [0.25, 0.3) is 0 Å². The molecule has 2 nitrogen and oxygen atoms in total. The molecule has 2 aliphatic carbocycles. The summed E-state index contributed by atoms with van der Waals surface area (Å²) in [4.78, 5) is 0. The van der Waals surface area contributed by atoms with Crippen LogP contribution in [0.15, 0.2) is 206 Å². The van der Waals surface area contributed by atoms with Crippen molar-refractivity contribution in [3.63, 3.8) is 0 Å². The first-order valence-electron chi connectivity index (χ1n) is 20.6. The zero-order valence-corrected chi connectivity index (χ0v) is 32.0. The summed E-state index contributed by atoms with van der Waals surface area (Å²) in [5, 5.41) is 10.1. The van der Waals surface area contributed by atoms with Crippen LogP contribution < -0.4 is 0 Å². The third-order valence-corrected chi connectivity index (χ3v) is 13.7. The van der Waals surface area contributed by atoms with E-state index in [1.807, 2.05) is 0 Å². The highest BCUT2D eigenvalue weighted by molar-refractivity contribution is 6.26. The van der Waals surface area contributed by atoms with E-state index >= 15 is 0 Å². The zero-order valence-electron chi connectivity index (χ0n) is 32.0. The van der Waals surface area contributed by atoms with Crippen LogP contribution >= 0.6 is 0 Å². The van der Waals surface area contributed by atoms with E-state index in [4.69, 9.17) is 0 Å². The second-order valence-corrected chi connectivity index (χ2v) is 16.3. The third-order valence-electron chi connectivity index (χ3n) is 13.7. The number of para-hydroxylation sites is 2. The maximum absolute atomic E-state index is 2.52. The van der Waals surface area contributed by atoms with Crippen molar-refractivity contribution < 1.29 is 0 Å². The molecule has 14 rings (SSSR count). The monoisotopic (exact) mass is 746 g/mol. The van der Waals surface area contributed by atoms with Crippen LogP contribution in [0.2, 0.25) is 0 Å². The first-order chi connectivity index (χ1) is 29.3. The molecule has 10 aromatic carbocycles. The molecule has 2 heteroatoms. The summed E-state index contributed by atoms with van der Waals surface area (Å²) in [6.45, 7) is 0. The number of nitrogens with zero attached hydrogens (tertiary/aromatic N) is 2. The van der Waals surface area contributed by atoms with Crippen molar-refractivity contribution in [2.24, 2.45) is 0 Å². The van der Waals surface area contributed by atoms with Gasteiger partial charge in [-0.15, -0.1) is 0 Å². The number of hydrogen-bond donors (Lipinski definition) is 0. The van der Waals surface area contributed by atoms with Crippen LogP contribution in [0, 0.1) is 0 Å². The second kappa shape index (κ2) is 11.2. The van der Waals surface area contributed by atoms with Crippen LogP contribution in [-0.2, 0) is 5.41 Å². The van der Waals surface area contributed by atoms with Gasteiger partial charge in [-0.2, -0.15) is 0 Å². The second-order valence-electron chi connectivity index (χ2n) is 16.3. The van der Waals surface area contributed by atoms with Crippen molar-refractivity contribution in [3.05, 3.63) is 229 Å². The van der Waals surface area contributed by atoms with Gasteiger partial charge in [0, 0.05) is 32.3 Å². The number of rotatable bonds is 2. The molecule has 0 amide bonds. The van der Waals surface area contributed by atoms with E-state index in [0.717, 1.165) is 0 Å². The average Bonchev–Trinajstić information content (AvgIpc) is 4.00. The van der Waals surface area contributed by atoms with Gasteiger partial charge in [0.05, 0.1) is 38.9 Å². The van der Waals surface area contributed by atoms with Crippen LogP contribution in [0.1, 0.15) is 22.3 Å². The van der Waals surface area contributed by atoms with E-state index in [2.05, 4.69) is 215 Å². The molecule has 2 heterocycles. The molecular weight excluding hydrogens is 713 g/mol. The molecule has 0 saturated heterocycles. The first kappa shape index (κ1) is 31.4. The Hall–Kier alpha value is -7.68. The van der Waals surface area contributed by atoms with E-state index < -0.39 is 5.41 Å². The van der Waals surface area contributed by atoms with E-state index in [0.29, 0.717) is 0 Å². The molecule has 0 fully saturated rings. The Bertz CT molecular complexity index is 3540. The minimum Gasteiger partial charge on any atom is -0.309 e. The zero-order chi connectivity index (χ0) is 38.4. The van der Waals surface area contributed by atoms with Crippen molar-refractivity contribution in [1.29, 1.82) is 0 Å². The number of hydrogen-bond acceptors (Lipinski definition) is 0. The van der Waals surface area contributed by atoms with Crippen molar-refractivity contribution in [2.45, 2.75) is 5.41 Å². The summed E-state index contributed by atoms with van der Waals surface area (Å²) in [7, 11) is 0.